The van der Waals surface area contributed by atoms with Crippen LogP contribution >= 0.6 is 0 Å². The molecule has 2 aliphatic heterocycles. The van der Waals surface area contributed by atoms with Crippen molar-refractivity contribution in [3.05, 3.63) is 108 Å². The van der Waals surface area contributed by atoms with E-state index in [-0.39, 0.29) is 18.9 Å². The first-order valence-electron chi connectivity index (χ1n) is 13.7. The van der Waals surface area contributed by atoms with E-state index in [1.807, 2.05) is 91.0 Å². The molecule has 2 saturated heterocycles. The summed E-state index contributed by atoms with van der Waals surface area (Å²) in [5, 5.41) is 19.4. The van der Waals surface area contributed by atoms with Gasteiger partial charge in [0, 0.05) is 36.8 Å². The van der Waals surface area contributed by atoms with Gasteiger partial charge in [-0.15, -0.1) is 0 Å². The van der Waals surface area contributed by atoms with Crippen LogP contribution in [-0.2, 0) is 20.8 Å². The molecule has 4 unspecified atom stereocenters. The molecule has 0 saturated carbocycles. The van der Waals surface area contributed by atoms with Crippen LogP contribution in [0, 0.1) is 11.8 Å². The number of amides is 2. The van der Waals surface area contributed by atoms with E-state index in [0.29, 0.717) is 17.9 Å². The lowest BCUT2D eigenvalue weighted by Crippen LogP contribution is -2.57. The van der Waals surface area contributed by atoms with E-state index in [0.717, 1.165) is 22.0 Å². The van der Waals surface area contributed by atoms with Crippen LogP contribution in [0.5, 0.6) is 5.75 Å². The van der Waals surface area contributed by atoms with Crippen LogP contribution in [0.25, 0.3) is 10.8 Å². The first kappa shape index (κ1) is 26.5. The van der Waals surface area contributed by atoms with Gasteiger partial charge in [-0.05, 0) is 34.5 Å². The zero-order valence-electron chi connectivity index (χ0n) is 22.6. The molecule has 2 aliphatic rings. The summed E-state index contributed by atoms with van der Waals surface area (Å²) in [6.07, 6.45) is 0.0368. The van der Waals surface area contributed by atoms with Crippen molar-refractivity contribution in [1.82, 2.24) is 10.2 Å². The van der Waals surface area contributed by atoms with Crippen LogP contribution in [-0.4, -0.2) is 53.5 Å². The summed E-state index contributed by atoms with van der Waals surface area (Å²) in [5.41, 5.74) is 0.587. The van der Waals surface area contributed by atoms with E-state index in [1.54, 1.807) is 6.07 Å². The highest BCUT2D eigenvalue weighted by molar-refractivity contribution is 6.09. The van der Waals surface area contributed by atoms with Gasteiger partial charge >= 0.3 is 5.97 Å². The van der Waals surface area contributed by atoms with Crippen molar-refractivity contribution < 1.29 is 24.2 Å². The normalized spacial score (nSPS) is 23.5. The van der Waals surface area contributed by atoms with Crippen molar-refractivity contribution in [2.45, 2.75) is 18.0 Å². The summed E-state index contributed by atoms with van der Waals surface area (Å²) in [6.45, 7) is 0.475. The molecule has 8 heteroatoms. The molecule has 2 heterocycles. The van der Waals surface area contributed by atoms with Crippen molar-refractivity contribution in [1.29, 1.82) is 0 Å². The van der Waals surface area contributed by atoms with Gasteiger partial charge < -0.3 is 15.2 Å². The zero-order chi connectivity index (χ0) is 28.6. The number of rotatable bonds is 9. The van der Waals surface area contributed by atoms with Gasteiger partial charge in [0.15, 0.2) is 0 Å². The van der Waals surface area contributed by atoms with E-state index in [4.69, 9.17) is 4.74 Å². The Labute approximate surface area is 237 Å². The molecule has 0 aliphatic carbocycles. The fourth-order valence-corrected chi connectivity index (χ4v) is 6.45. The molecule has 208 valence electrons. The highest BCUT2D eigenvalue weighted by Gasteiger charge is 2.68. The van der Waals surface area contributed by atoms with Gasteiger partial charge in [-0.25, -0.2) is 0 Å². The molecule has 2 amide bonds. The lowest BCUT2D eigenvalue weighted by Gasteiger charge is -2.31. The predicted molar refractivity (Wildman–Crippen MR) is 156 cm³/mol. The largest absolute Gasteiger partial charge is 0.496 e. The number of methoxy groups -OCH3 is 1. The van der Waals surface area contributed by atoms with Crippen molar-refractivity contribution in [2.24, 2.45) is 11.8 Å². The van der Waals surface area contributed by atoms with Crippen LogP contribution in [0.4, 0.5) is 5.69 Å². The summed E-state index contributed by atoms with van der Waals surface area (Å²) in [6, 6.07) is 29.7. The number of carboxylic acid groups (broad SMARTS) is 1. The number of carboxylic acids is 1. The number of imide groups is 1. The molecular weight excluding hydrogens is 518 g/mol. The van der Waals surface area contributed by atoms with Gasteiger partial charge in [0.2, 0.25) is 11.8 Å². The molecule has 2 fully saturated rings. The van der Waals surface area contributed by atoms with E-state index in [2.05, 4.69) is 10.6 Å². The Morgan fingerprint density at radius 2 is 1.63 bits per heavy atom. The number of fused-ring (bicyclic) bond motifs is 2. The van der Waals surface area contributed by atoms with Crippen molar-refractivity contribution >= 4 is 34.2 Å². The average molecular weight is 550 g/mol. The Hall–Kier alpha value is -4.69. The third-order valence-corrected chi connectivity index (χ3v) is 8.34. The molecular formula is C33H31N3O5. The molecule has 4 atom stereocenters. The van der Waals surface area contributed by atoms with Gasteiger partial charge in [-0.2, -0.15) is 0 Å². The third-order valence-electron chi connectivity index (χ3n) is 8.34. The Bertz CT molecular complexity index is 1620. The van der Waals surface area contributed by atoms with Crippen molar-refractivity contribution in [3.8, 4) is 5.75 Å². The highest BCUT2D eigenvalue weighted by Crippen LogP contribution is 2.51. The van der Waals surface area contributed by atoms with E-state index in [1.165, 1.54) is 12.0 Å². The second-order valence-corrected chi connectivity index (χ2v) is 10.6. The Morgan fingerprint density at radius 3 is 2.39 bits per heavy atom. The molecule has 0 radical (unpaired) electrons. The predicted octanol–water partition coefficient (Wildman–Crippen LogP) is 4.27. The van der Waals surface area contributed by atoms with Crippen LogP contribution in [0.2, 0.25) is 0 Å². The lowest BCUT2D eigenvalue weighted by atomic mass is 9.76. The number of hydrogen-bond acceptors (Lipinski definition) is 6. The maximum atomic E-state index is 14.0. The maximum absolute atomic E-state index is 14.0. The Morgan fingerprint density at radius 1 is 0.927 bits per heavy atom. The monoisotopic (exact) mass is 549 g/mol. The summed E-state index contributed by atoms with van der Waals surface area (Å²) in [7, 11) is 1.54. The smallest absolute Gasteiger partial charge is 0.325 e. The molecule has 4 aromatic carbocycles. The van der Waals surface area contributed by atoms with E-state index < -0.39 is 35.3 Å². The first-order valence-corrected chi connectivity index (χ1v) is 13.7. The molecule has 0 aromatic heterocycles. The molecule has 4 aromatic rings. The average Bonchev–Trinajstić information content (AvgIpc) is 3.47. The van der Waals surface area contributed by atoms with Crippen LogP contribution < -0.4 is 15.4 Å². The molecule has 0 bridgehead atoms. The lowest BCUT2D eigenvalue weighted by molar-refractivity contribution is -0.151. The standard InChI is InChI=1S/C33H31N3O5/c1-41-26-14-8-7-13-25(26)29-27-28(31(38)36(30(27)37)18-17-34-24-11-3-2-4-12-24)33(35-29,32(39)40)20-21-15-16-22-9-5-6-10-23(22)19-21/h2-16,19,27-29,34-35H,17-18,20H2,1H3,(H,39,40). The van der Waals surface area contributed by atoms with Crippen LogP contribution in [0.15, 0.2) is 97.1 Å². The van der Waals surface area contributed by atoms with Crippen molar-refractivity contribution in [3.63, 3.8) is 0 Å². The van der Waals surface area contributed by atoms with Gasteiger partial charge in [-0.3, -0.25) is 24.6 Å². The number of hydrogen-bond donors (Lipinski definition) is 3. The number of aliphatic carboxylic acids is 1. The number of benzene rings is 4. The number of para-hydroxylation sites is 2. The van der Waals surface area contributed by atoms with E-state index >= 15 is 0 Å². The number of anilines is 1. The number of ether oxygens (including phenoxy) is 1. The van der Waals surface area contributed by atoms with Gasteiger partial charge in [0.25, 0.3) is 0 Å². The van der Waals surface area contributed by atoms with Crippen LogP contribution in [0.3, 0.4) is 0 Å². The minimum Gasteiger partial charge on any atom is -0.496 e. The minimum atomic E-state index is -1.70. The van der Waals surface area contributed by atoms with Crippen molar-refractivity contribution in [2.75, 3.05) is 25.5 Å². The second kappa shape index (κ2) is 10.7. The fourth-order valence-electron chi connectivity index (χ4n) is 6.45. The minimum absolute atomic E-state index is 0.0368. The topological polar surface area (TPSA) is 108 Å². The van der Waals surface area contributed by atoms with Gasteiger partial charge in [0.1, 0.15) is 11.3 Å². The molecule has 3 N–H and O–H groups in total. The Kier molecular flexibility index (Phi) is 6.93. The van der Waals surface area contributed by atoms with E-state index in [9.17, 15) is 19.5 Å². The van der Waals surface area contributed by atoms with Gasteiger partial charge in [-0.1, -0.05) is 78.9 Å². The number of likely N-dealkylation sites (tertiary alicyclic amines) is 1. The Balaban J connectivity index is 1.39. The summed E-state index contributed by atoms with van der Waals surface area (Å²) in [4.78, 5) is 42.5. The third kappa shape index (κ3) is 4.60. The quantitative estimate of drug-likeness (QED) is 0.268. The fraction of sp³-hybridized carbons (Fsp3) is 0.242. The highest BCUT2D eigenvalue weighted by atomic mass is 16.5. The molecule has 6 rings (SSSR count). The second-order valence-electron chi connectivity index (χ2n) is 10.6. The summed E-state index contributed by atoms with van der Waals surface area (Å²) >= 11 is 0. The molecule has 8 nitrogen and oxygen atoms in total. The van der Waals surface area contributed by atoms with Gasteiger partial charge in [0.05, 0.1) is 18.9 Å². The number of nitrogens with one attached hydrogen (secondary N) is 2. The SMILES string of the molecule is COc1ccccc1C1NC(Cc2ccc3ccccc3c2)(C(=O)O)C2C(=O)N(CCNc3ccccc3)C(=O)C12. The summed E-state index contributed by atoms with van der Waals surface area (Å²) < 4.78 is 5.60. The zero-order valence-corrected chi connectivity index (χ0v) is 22.6. The number of carbonyl (C=O) groups excluding carboxylic acids is 2. The molecule has 0 spiro atoms. The first-order chi connectivity index (χ1) is 19.9. The number of nitrogens with zero attached hydrogens (tertiary/aromatic N) is 1. The molecule has 41 heavy (non-hydrogen) atoms. The van der Waals surface area contributed by atoms with Crippen LogP contribution in [0.1, 0.15) is 17.2 Å². The maximum Gasteiger partial charge on any atom is 0.325 e. The summed E-state index contributed by atoms with van der Waals surface area (Å²) in [5.74, 6) is -3.47. The number of carbonyl (C=O) groups is 3.